The van der Waals surface area contributed by atoms with Gasteiger partial charge in [-0.3, -0.25) is 4.52 Å². The molecule has 30 heterocycles. The fraction of sp³-hybridized carbons (Fsp3) is 1.00. The van der Waals surface area contributed by atoms with Crippen molar-refractivity contribution in [3.8, 4) is 0 Å². The molecule has 30 saturated heterocycles. The summed E-state index contributed by atoms with van der Waals surface area (Å²) in [4.78, 5) is 19.2. The van der Waals surface area contributed by atoms with Crippen LogP contribution in [0.1, 0.15) is 0 Å². The summed E-state index contributed by atoms with van der Waals surface area (Å²) >= 11 is 0. The maximum Gasteiger partial charge on any atom is 0.469 e. The van der Waals surface area contributed by atoms with E-state index in [0.29, 0.717) is 0 Å². The van der Waals surface area contributed by atoms with E-state index >= 15 is 0 Å². The summed E-state index contributed by atoms with van der Waals surface area (Å²) in [6.07, 6.45) is -85.0. The third-order valence-corrected chi connectivity index (χ3v) is 17.6. The molecule has 30 fully saturated rings. The van der Waals surface area contributed by atoms with Gasteiger partial charge in [-0.1, -0.05) is 0 Å². The van der Waals surface area contributed by atoms with Crippen molar-refractivity contribution in [2.75, 3.05) is 52.9 Å². The minimum absolute atomic E-state index is 1.10. The first-order valence-corrected chi connectivity index (χ1v) is 30.4. The Labute approximate surface area is 517 Å². The fourth-order valence-corrected chi connectivity index (χ4v) is 12.4. The van der Waals surface area contributed by atoms with E-state index in [1.807, 2.05) is 0 Å². The van der Waals surface area contributed by atoms with E-state index in [9.17, 15) is 132 Å². The number of ether oxygens (including phenoxy) is 16. The van der Waals surface area contributed by atoms with Crippen molar-refractivity contribution in [1.29, 1.82) is 0 Å². The van der Waals surface area contributed by atoms with E-state index in [4.69, 9.17) is 75.8 Å². The lowest BCUT2D eigenvalue weighted by atomic mass is 9.94. The topological polar surface area (TPSA) is 680 Å². The second-order valence-corrected chi connectivity index (χ2v) is 24.3. The quantitative estimate of drug-likeness (QED) is 0.0903. The number of rotatable bonds is 10. The molecule has 25 N–H and O–H groups in total. The summed E-state index contributed by atoms with van der Waals surface area (Å²) in [6, 6.07) is 0. The zero-order chi connectivity index (χ0) is 67.3. The SMILES string of the molecule is O=P(O)(O)OC[C@H]1O[C@@H]2O[C@H]3[C@H](O)[C@@H](O)[C@@H](O[C@H]4[C@H](O)[C@@H](O)[C@@H](O[C@H]5[C@H](O)[C@@H](O)[C@@H](O[C@H]6[C@H](O)[C@@H](O)[C@@H](O[C@H]7[C@H](O)[C@@H](O)[C@@H](O[C@H]8[C@H](O)[C@@H](O)[C@@H](O[C@H]9[C@H](O)[C@@H](O)[C@@H](O[C@H]1[C@H](O)[C@H]2O)O[C@@H]9CO)O[C@@H]8CO)O[C@@H]7CO)O[C@@H]6CO)O[C@@H]5CO)O[C@@H]4CO)O[C@@H]3CO. The molecule has 0 aromatic rings. The molecule has 0 saturated carbocycles. The van der Waals surface area contributed by atoms with Gasteiger partial charge in [0.1, 0.15) is 195 Å². The molecule has 30 aliphatic heterocycles. The lowest BCUT2D eigenvalue weighted by molar-refractivity contribution is -0.404. The predicted molar refractivity (Wildman–Crippen MR) is 272 cm³/mol. The molecular formula is C48H81O43P. The van der Waals surface area contributed by atoms with Crippen molar-refractivity contribution in [3.63, 3.8) is 0 Å². The van der Waals surface area contributed by atoms with Gasteiger partial charge in [-0.25, -0.2) is 4.57 Å². The summed E-state index contributed by atoms with van der Waals surface area (Å²) in [5, 5.41) is 255. The van der Waals surface area contributed by atoms with Gasteiger partial charge in [0.2, 0.25) is 0 Å². The summed E-state index contributed by atoms with van der Waals surface area (Å²) in [6.45, 7) is -9.15. The molecule has 0 spiro atoms. The second kappa shape index (κ2) is 31.4. The third kappa shape index (κ3) is 15.3. The molecule has 536 valence electrons. The zero-order valence-corrected chi connectivity index (χ0v) is 48.6. The average molecular weight is 1380 g/mol. The van der Waals surface area contributed by atoms with Gasteiger partial charge in [-0.2, -0.15) is 0 Å². The van der Waals surface area contributed by atoms with Crippen LogP contribution in [0.4, 0.5) is 0 Å². The van der Waals surface area contributed by atoms with Crippen LogP contribution in [0.15, 0.2) is 0 Å². The first-order chi connectivity index (χ1) is 43.5. The Kier molecular flexibility index (Phi) is 25.5. The molecule has 92 heavy (non-hydrogen) atoms. The Morgan fingerprint density at radius 1 is 0.217 bits per heavy atom. The molecule has 0 unspecified atom stereocenters. The number of phosphoric ester groups is 1. The average Bonchev–Trinajstić information content (AvgIpc) is 0.784. The normalized spacial score (nSPS) is 53.7. The number of hydrogen-bond acceptors (Lipinski definition) is 41. The van der Waals surface area contributed by atoms with E-state index in [0.717, 1.165) is 0 Å². The lowest BCUT2D eigenvalue weighted by Gasteiger charge is -2.50. The second-order valence-electron chi connectivity index (χ2n) is 23.1. The highest BCUT2D eigenvalue weighted by Crippen LogP contribution is 2.42. The van der Waals surface area contributed by atoms with Gasteiger partial charge in [-0.15, -0.1) is 0 Å². The standard InChI is InChI=1S/C48H81O43P/c49-1-9-33-17(56)25(64)41(76-9)85-34-10(2-50)78-43(27(66)19(34)58)87-36-12(4-52)80-45(29(68)21(36)60)89-38-14(6-54)82-47(31(70)23(38)62)91-40-16(8-75-92(72,73)74)83-48(32(71)24(40)63)90-39-15(7-55)81-46(30(69)22(39)61)88-37-13(5-53)79-44(28(67)20(37)59)86-35-11(3-51)77-42(84-33)26(65)18(35)57/h9-71H,1-8H2,(H2,72,73,74)/t9-,10-,11-,12-,13-,14-,15-,16-,17-,18-,19-,20-,21-,22-,23-,24-,25-,26-,27-,28-,29-,30-,31-,32-,33-,34-,35-,36-,37-,38-,39-,40-,41-,42-,43-,44-,45-,46-,47-,48-/m1/s1. The van der Waals surface area contributed by atoms with Gasteiger partial charge >= 0.3 is 7.82 Å². The lowest BCUT2D eigenvalue weighted by Crippen LogP contribution is -2.69. The molecule has 0 aromatic heterocycles. The molecular weight excluding hydrogens is 1300 g/mol. The minimum atomic E-state index is -5.47. The van der Waals surface area contributed by atoms with Gasteiger partial charge in [0.05, 0.1) is 52.9 Å². The van der Waals surface area contributed by atoms with Crippen LogP contribution >= 0.6 is 7.82 Å². The minimum Gasteiger partial charge on any atom is -0.394 e. The smallest absolute Gasteiger partial charge is 0.394 e. The monoisotopic (exact) mass is 1380 g/mol. The maximum atomic E-state index is 12.0. The van der Waals surface area contributed by atoms with Crippen molar-refractivity contribution < 1.29 is 212 Å². The first kappa shape index (κ1) is 74.8. The molecule has 0 aromatic carbocycles. The highest BCUT2D eigenvalue weighted by molar-refractivity contribution is 7.46. The predicted octanol–water partition coefficient (Wildman–Crippen LogP) is -17.3. The molecule has 0 aliphatic carbocycles. The van der Waals surface area contributed by atoms with Crippen LogP contribution in [0.3, 0.4) is 0 Å². The highest BCUT2D eigenvalue weighted by atomic mass is 31.2. The van der Waals surface area contributed by atoms with Crippen LogP contribution < -0.4 is 0 Å². The van der Waals surface area contributed by atoms with E-state index < -0.39 is 306 Å². The molecule has 16 bridgehead atoms. The van der Waals surface area contributed by atoms with Gasteiger partial charge in [-0.05, 0) is 0 Å². The van der Waals surface area contributed by atoms with Crippen LogP contribution in [-0.4, -0.2) is 426 Å². The largest absolute Gasteiger partial charge is 0.469 e. The summed E-state index contributed by atoms with van der Waals surface area (Å²) in [5.74, 6) is 0. The van der Waals surface area contributed by atoms with E-state index in [2.05, 4.69) is 4.52 Å². The van der Waals surface area contributed by atoms with Crippen LogP contribution in [0.25, 0.3) is 0 Å². The molecule has 40 atom stereocenters. The van der Waals surface area contributed by atoms with E-state index in [1.165, 1.54) is 0 Å². The van der Waals surface area contributed by atoms with Gasteiger partial charge in [0.25, 0.3) is 0 Å². The first-order valence-electron chi connectivity index (χ1n) is 28.9. The molecule has 30 aliphatic rings. The van der Waals surface area contributed by atoms with Crippen LogP contribution in [-0.2, 0) is 84.9 Å². The number of aliphatic hydroxyl groups is 23. The van der Waals surface area contributed by atoms with Crippen LogP contribution in [0, 0.1) is 0 Å². The summed E-state index contributed by atoms with van der Waals surface area (Å²) < 4.78 is 108. The number of aliphatic hydroxyl groups excluding tert-OH is 23. The molecule has 30 rings (SSSR count). The van der Waals surface area contributed by atoms with Crippen molar-refractivity contribution >= 4 is 7.82 Å². The molecule has 0 amide bonds. The number of hydrogen-bond donors (Lipinski definition) is 25. The Hall–Kier alpha value is -1.45. The number of phosphoric acid groups is 1. The van der Waals surface area contributed by atoms with Crippen molar-refractivity contribution in [1.82, 2.24) is 0 Å². The Balaban J connectivity index is 0.993. The van der Waals surface area contributed by atoms with Crippen molar-refractivity contribution in [3.05, 3.63) is 0 Å². The maximum absolute atomic E-state index is 12.0. The zero-order valence-electron chi connectivity index (χ0n) is 47.7. The Morgan fingerprint density at radius 3 is 0.478 bits per heavy atom. The van der Waals surface area contributed by atoms with Gasteiger partial charge < -0.3 is 203 Å². The van der Waals surface area contributed by atoms with Crippen molar-refractivity contribution in [2.45, 2.75) is 246 Å². The summed E-state index contributed by atoms with van der Waals surface area (Å²) in [5.41, 5.74) is 0. The van der Waals surface area contributed by atoms with Gasteiger partial charge in [0.15, 0.2) is 50.3 Å². The van der Waals surface area contributed by atoms with Gasteiger partial charge in [0, 0.05) is 0 Å². The molecule has 44 heteroatoms. The van der Waals surface area contributed by atoms with E-state index in [-0.39, 0.29) is 0 Å². The fourth-order valence-electron chi connectivity index (χ4n) is 12.1. The Morgan fingerprint density at radius 2 is 0.348 bits per heavy atom. The Bertz CT molecular complexity index is 2320. The highest BCUT2D eigenvalue weighted by Gasteiger charge is 2.60. The van der Waals surface area contributed by atoms with Crippen molar-refractivity contribution in [2.24, 2.45) is 0 Å². The molecule has 43 nitrogen and oxygen atoms in total. The third-order valence-electron chi connectivity index (χ3n) is 17.1. The van der Waals surface area contributed by atoms with E-state index in [1.54, 1.807) is 0 Å². The molecule has 0 radical (unpaired) electrons. The summed E-state index contributed by atoms with van der Waals surface area (Å²) in [7, 11) is -5.47. The van der Waals surface area contributed by atoms with Crippen LogP contribution in [0.2, 0.25) is 0 Å². The van der Waals surface area contributed by atoms with Crippen LogP contribution in [0.5, 0.6) is 0 Å².